The molecule has 5 heterocycles. The summed E-state index contributed by atoms with van der Waals surface area (Å²) in [5.41, 5.74) is -5.04. The molecule has 0 aliphatic carbocycles. The van der Waals surface area contributed by atoms with Crippen LogP contribution in [0.2, 0.25) is 0 Å². The molecule has 3 aromatic carbocycles. The van der Waals surface area contributed by atoms with E-state index >= 15 is 0 Å². The number of thiophene rings is 1. The van der Waals surface area contributed by atoms with Gasteiger partial charge >= 0.3 is 13.3 Å². The summed E-state index contributed by atoms with van der Waals surface area (Å²) in [5.74, 6) is 0.715. The van der Waals surface area contributed by atoms with E-state index in [0.717, 1.165) is 40.4 Å². The number of carbonyl (C=O) groups is 8. The summed E-state index contributed by atoms with van der Waals surface area (Å²) >= 11 is 0.925. The second kappa shape index (κ2) is 20.4. The number of carbonyl (C=O) groups excluding carboxylic acids is 8. The lowest BCUT2D eigenvalue weighted by Crippen LogP contribution is -2.58. The Morgan fingerprint density at radius 2 is 1.71 bits per heavy atom. The number of piperidine rings is 2. The number of rotatable bonds is 12. The summed E-state index contributed by atoms with van der Waals surface area (Å²) in [6.45, 7) is 5.19. The summed E-state index contributed by atoms with van der Waals surface area (Å²) in [6.07, 6.45) is 0.730. The summed E-state index contributed by atoms with van der Waals surface area (Å²) in [4.78, 5) is 130. The molecule has 5 N–H and O–H groups in total. The standard InChI is InChI=1S/C50H51F2N6O12PS/c1-49(2,3)42(55-44(62)38-23-31-22-32(16-18-37(31)72-38)50(51,52)71(67,68)69)48(66)57-26-33(24-36(57)46(64)56-21-9-14-30(25-56)28-10-5-4-6-11-28)70-27-40(60)53-20-8-13-29-12-7-15-34-41(29)47(65)58(45(34)63)35-17-19-39(59)54-43(35)61/h4-7,10-12,15-16,18,22-23,30,33,35-36,42H,9,14,17,19-21,24-27H2,1-3H3,(H,53,60)(H,55,62)(H,54,59,61)(H2,67,68,69)/t30-,33-,35?,36-,42?/m0/s1. The molecule has 0 saturated carbocycles. The molecule has 3 saturated heterocycles. The van der Waals surface area contributed by atoms with E-state index in [4.69, 9.17) is 4.74 Å². The minimum Gasteiger partial charge on any atom is -0.366 e. The maximum atomic E-state index is 14.8. The smallest absolute Gasteiger partial charge is 0.366 e. The zero-order valence-electron chi connectivity index (χ0n) is 39.3. The third-order valence-corrected chi connectivity index (χ3v) is 15.3. The molecule has 8 rings (SSSR count). The molecule has 0 bridgehead atoms. The molecule has 22 heteroatoms. The maximum absolute atomic E-state index is 14.8. The van der Waals surface area contributed by atoms with Crippen molar-refractivity contribution >= 4 is 76.3 Å². The number of alkyl halides is 2. The number of ether oxygens (including phenoxy) is 1. The Morgan fingerprint density at radius 3 is 2.42 bits per heavy atom. The monoisotopic (exact) mass is 1030 g/mol. The average Bonchev–Trinajstić information content (AvgIpc) is 4.05. The lowest BCUT2D eigenvalue weighted by Gasteiger charge is -2.38. The fourth-order valence-electron chi connectivity index (χ4n) is 9.45. The van der Waals surface area contributed by atoms with E-state index in [1.165, 1.54) is 35.2 Å². The molecule has 3 fully saturated rings. The van der Waals surface area contributed by atoms with Gasteiger partial charge in [0.05, 0.1) is 28.7 Å². The number of nitrogens with one attached hydrogen (secondary N) is 3. The van der Waals surface area contributed by atoms with E-state index in [0.29, 0.717) is 24.2 Å². The molecule has 4 aromatic rings. The maximum Gasteiger partial charge on any atom is 0.399 e. The number of likely N-dealkylation sites (tertiary alicyclic amines) is 2. The molecule has 0 radical (unpaired) electrons. The zero-order chi connectivity index (χ0) is 51.9. The topological polar surface area (TPSA) is 249 Å². The fourth-order valence-corrected chi connectivity index (χ4v) is 10.9. The van der Waals surface area contributed by atoms with Crippen LogP contribution in [0, 0.1) is 17.3 Å². The second-order valence-corrected chi connectivity index (χ2v) is 21.9. The van der Waals surface area contributed by atoms with Crippen molar-refractivity contribution in [1.82, 2.24) is 30.7 Å². The number of amides is 8. The van der Waals surface area contributed by atoms with Crippen molar-refractivity contribution < 1.29 is 66.2 Å². The number of imide groups is 2. The van der Waals surface area contributed by atoms with Crippen molar-refractivity contribution in [3.8, 4) is 11.8 Å². The Morgan fingerprint density at radius 1 is 0.958 bits per heavy atom. The molecular formula is C50H51F2N6O12PS. The number of benzene rings is 3. The first-order chi connectivity index (χ1) is 34.0. The van der Waals surface area contributed by atoms with Crippen molar-refractivity contribution in [2.45, 2.75) is 88.7 Å². The molecule has 72 heavy (non-hydrogen) atoms. The van der Waals surface area contributed by atoms with Crippen LogP contribution in [0.4, 0.5) is 8.78 Å². The van der Waals surface area contributed by atoms with E-state index in [1.54, 1.807) is 25.7 Å². The van der Waals surface area contributed by atoms with Gasteiger partial charge in [0.25, 0.3) is 17.7 Å². The molecule has 378 valence electrons. The number of nitrogens with zero attached hydrogens (tertiary/aromatic N) is 3. The Balaban J connectivity index is 0.957. The zero-order valence-corrected chi connectivity index (χ0v) is 41.0. The van der Waals surface area contributed by atoms with E-state index in [-0.39, 0.29) is 71.1 Å². The van der Waals surface area contributed by atoms with Crippen LogP contribution in [-0.4, -0.2) is 129 Å². The minimum atomic E-state index is -5.87. The summed E-state index contributed by atoms with van der Waals surface area (Å²) in [5, 5.41) is 7.69. The molecule has 4 aliphatic rings. The fraction of sp³-hybridized carbons (Fsp3) is 0.400. The van der Waals surface area contributed by atoms with Crippen LogP contribution in [0.5, 0.6) is 0 Å². The van der Waals surface area contributed by atoms with Crippen LogP contribution in [0.1, 0.15) is 106 Å². The first-order valence-electron chi connectivity index (χ1n) is 23.2. The van der Waals surface area contributed by atoms with Crippen LogP contribution >= 0.6 is 18.9 Å². The van der Waals surface area contributed by atoms with Gasteiger partial charge in [0.15, 0.2) is 0 Å². The van der Waals surface area contributed by atoms with Gasteiger partial charge in [-0.25, -0.2) is 0 Å². The van der Waals surface area contributed by atoms with Crippen LogP contribution in [0.25, 0.3) is 10.1 Å². The quantitative estimate of drug-likeness (QED) is 0.0760. The van der Waals surface area contributed by atoms with E-state index in [2.05, 4.69) is 27.8 Å². The van der Waals surface area contributed by atoms with Gasteiger partial charge in [-0.05, 0) is 66.0 Å². The van der Waals surface area contributed by atoms with Gasteiger partial charge in [-0.2, -0.15) is 8.78 Å². The number of hydrogen-bond acceptors (Lipinski definition) is 11. The van der Waals surface area contributed by atoms with E-state index in [9.17, 15) is 61.5 Å². The number of fused-ring (bicyclic) bond motifs is 2. The highest BCUT2D eigenvalue weighted by Gasteiger charge is 2.51. The van der Waals surface area contributed by atoms with Gasteiger partial charge in [0.2, 0.25) is 29.5 Å². The molecule has 18 nitrogen and oxygen atoms in total. The van der Waals surface area contributed by atoms with Crippen molar-refractivity contribution in [1.29, 1.82) is 0 Å². The Labute approximate surface area is 416 Å². The molecule has 1 aromatic heterocycles. The van der Waals surface area contributed by atoms with Crippen LogP contribution in [0.3, 0.4) is 0 Å². The molecule has 8 amide bonds. The highest BCUT2D eigenvalue weighted by molar-refractivity contribution is 7.52. The van der Waals surface area contributed by atoms with Crippen molar-refractivity contribution in [3.05, 3.63) is 105 Å². The van der Waals surface area contributed by atoms with Gasteiger partial charge in [0.1, 0.15) is 24.7 Å². The molecule has 2 unspecified atom stereocenters. The summed E-state index contributed by atoms with van der Waals surface area (Å²) < 4.78 is 47.1. The van der Waals surface area contributed by atoms with E-state index < -0.39 is 96.4 Å². The molecule has 0 spiro atoms. The highest BCUT2D eigenvalue weighted by atomic mass is 32.1. The van der Waals surface area contributed by atoms with Crippen LogP contribution < -0.4 is 16.0 Å². The molecule has 4 aliphatic heterocycles. The van der Waals surface area contributed by atoms with Crippen molar-refractivity contribution in [2.75, 3.05) is 32.8 Å². The number of halogens is 2. The Hall–Kier alpha value is -6.69. The first-order valence-corrected chi connectivity index (χ1v) is 25.6. The van der Waals surface area contributed by atoms with Crippen molar-refractivity contribution in [3.63, 3.8) is 0 Å². The minimum absolute atomic E-state index is 0.00122. The van der Waals surface area contributed by atoms with Gasteiger partial charge < -0.3 is 35.0 Å². The molecular weight excluding hydrogens is 978 g/mol. The first kappa shape index (κ1) is 51.7. The Bertz CT molecular complexity index is 3000. The Kier molecular flexibility index (Phi) is 14.7. The van der Waals surface area contributed by atoms with Crippen LogP contribution in [0.15, 0.2) is 72.8 Å². The summed E-state index contributed by atoms with van der Waals surface area (Å²) in [7, 11) is -5.87. The van der Waals surface area contributed by atoms with Gasteiger partial charge in [-0.15, -0.1) is 11.3 Å². The third-order valence-electron chi connectivity index (χ3n) is 13.2. The predicted molar refractivity (Wildman–Crippen MR) is 256 cm³/mol. The molecule has 5 atom stereocenters. The predicted octanol–water partition coefficient (Wildman–Crippen LogP) is 4.23. The lowest BCUT2D eigenvalue weighted by molar-refractivity contribution is -0.147. The van der Waals surface area contributed by atoms with Gasteiger partial charge in [-0.1, -0.05) is 75.1 Å². The van der Waals surface area contributed by atoms with Crippen molar-refractivity contribution in [2.24, 2.45) is 5.41 Å². The van der Waals surface area contributed by atoms with Gasteiger partial charge in [-0.3, -0.25) is 53.1 Å². The number of hydrogen-bond donors (Lipinski definition) is 5. The van der Waals surface area contributed by atoms with Crippen LogP contribution in [-0.2, 0) is 38.9 Å². The SMILES string of the molecule is CC(C)(C)C(NC(=O)c1cc2cc(C(F)(F)P(=O)(O)O)ccc2s1)C(=O)N1C[C@@H](OCC(=O)NCC#Cc2cccc3c2C(=O)N(C2CCC(=O)NC2=O)C3=O)C[C@H]1C(=O)N1CCC[C@H](c2ccccc2)C1. The largest absolute Gasteiger partial charge is 0.399 e. The average molecular weight is 1030 g/mol. The summed E-state index contributed by atoms with van der Waals surface area (Å²) in [6, 6.07) is 15.1. The van der Waals surface area contributed by atoms with E-state index in [1.807, 2.05) is 30.3 Å². The lowest BCUT2D eigenvalue weighted by atomic mass is 9.85. The van der Waals surface area contributed by atoms with Gasteiger partial charge in [0, 0.05) is 54.2 Å². The highest BCUT2D eigenvalue weighted by Crippen LogP contribution is 2.59. The normalized spacial score (nSPS) is 21.0. The second-order valence-electron chi connectivity index (χ2n) is 19.2. The third kappa shape index (κ3) is 10.6.